The van der Waals surface area contributed by atoms with Gasteiger partial charge in [0.15, 0.2) is 0 Å². The van der Waals surface area contributed by atoms with Crippen LogP contribution in [-0.2, 0) is 6.61 Å². The number of nitriles is 1. The summed E-state index contributed by atoms with van der Waals surface area (Å²) in [6.07, 6.45) is 1.73. The first-order valence-corrected chi connectivity index (χ1v) is 11.4. The molecule has 3 nitrogen and oxygen atoms in total. The molecule has 34 heavy (non-hydrogen) atoms. The molecule has 1 aromatic heterocycles. The summed E-state index contributed by atoms with van der Waals surface area (Å²) in [6.45, 7) is 4.30. The zero-order valence-corrected chi connectivity index (χ0v) is 20.2. The standard InChI is InChI=1S/C28H21Cl2FN2O/c1-18-13-21(14-22(16-32)26-5-3-4-6-28(26)31)19(2)33(18)24-9-11-25(12-10-24)34-17-20-7-8-23(29)15-27(20)30/h3-15H,17H2,1-2H3. The number of hydrogen-bond acceptors (Lipinski definition) is 2. The number of hydrogen-bond donors (Lipinski definition) is 0. The molecule has 1 heterocycles. The van der Waals surface area contributed by atoms with Crippen LogP contribution in [0.25, 0.3) is 17.3 Å². The Morgan fingerprint density at radius 1 is 1.03 bits per heavy atom. The zero-order valence-electron chi connectivity index (χ0n) is 18.6. The van der Waals surface area contributed by atoms with E-state index in [1.807, 2.05) is 50.2 Å². The van der Waals surface area contributed by atoms with Crippen molar-refractivity contribution >= 4 is 34.9 Å². The predicted molar refractivity (Wildman–Crippen MR) is 136 cm³/mol. The van der Waals surface area contributed by atoms with E-state index in [1.54, 1.807) is 36.4 Å². The third kappa shape index (κ3) is 5.02. The summed E-state index contributed by atoms with van der Waals surface area (Å²) in [4.78, 5) is 0. The molecule has 0 amide bonds. The molecule has 0 unspecified atom stereocenters. The van der Waals surface area contributed by atoms with Crippen molar-refractivity contribution in [3.05, 3.63) is 117 Å². The Bertz CT molecular complexity index is 1420. The van der Waals surface area contributed by atoms with E-state index in [4.69, 9.17) is 27.9 Å². The number of aryl methyl sites for hydroxylation is 1. The van der Waals surface area contributed by atoms with Crippen LogP contribution in [0.5, 0.6) is 5.75 Å². The maximum atomic E-state index is 14.2. The van der Waals surface area contributed by atoms with E-state index in [2.05, 4.69) is 10.6 Å². The molecule has 0 saturated carbocycles. The van der Waals surface area contributed by atoms with E-state index < -0.39 is 5.82 Å². The molecule has 0 bridgehead atoms. The van der Waals surface area contributed by atoms with Gasteiger partial charge in [0.05, 0.1) is 11.6 Å². The number of benzene rings is 3. The molecule has 4 rings (SSSR count). The molecule has 0 N–H and O–H groups in total. The summed E-state index contributed by atoms with van der Waals surface area (Å²) in [5.74, 6) is 0.295. The lowest BCUT2D eigenvalue weighted by atomic mass is 10.0. The van der Waals surface area contributed by atoms with Crippen LogP contribution >= 0.6 is 23.2 Å². The molecule has 0 radical (unpaired) electrons. The van der Waals surface area contributed by atoms with Crippen LogP contribution in [0.2, 0.25) is 10.0 Å². The van der Waals surface area contributed by atoms with Gasteiger partial charge in [0.25, 0.3) is 0 Å². The fraction of sp³-hybridized carbons (Fsp3) is 0.107. The van der Waals surface area contributed by atoms with Crippen molar-refractivity contribution in [1.82, 2.24) is 4.57 Å². The molecule has 0 spiro atoms. The van der Waals surface area contributed by atoms with E-state index >= 15 is 0 Å². The molecule has 0 atom stereocenters. The van der Waals surface area contributed by atoms with E-state index in [1.165, 1.54) is 6.07 Å². The van der Waals surface area contributed by atoms with Gasteiger partial charge in [-0.1, -0.05) is 47.5 Å². The fourth-order valence-corrected chi connectivity index (χ4v) is 4.29. The summed E-state index contributed by atoms with van der Waals surface area (Å²) >= 11 is 12.2. The molecule has 6 heteroatoms. The van der Waals surface area contributed by atoms with Crippen LogP contribution in [0.15, 0.2) is 72.8 Å². The highest BCUT2D eigenvalue weighted by atomic mass is 35.5. The summed E-state index contributed by atoms with van der Waals surface area (Å²) in [7, 11) is 0. The minimum atomic E-state index is -0.417. The lowest BCUT2D eigenvalue weighted by Gasteiger charge is -2.12. The van der Waals surface area contributed by atoms with Crippen molar-refractivity contribution in [2.75, 3.05) is 0 Å². The Morgan fingerprint density at radius 2 is 1.76 bits per heavy atom. The number of rotatable bonds is 6. The highest BCUT2D eigenvalue weighted by molar-refractivity contribution is 6.35. The van der Waals surface area contributed by atoms with Gasteiger partial charge in [0, 0.05) is 38.2 Å². The summed E-state index contributed by atoms with van der Waals surface area (Å²) in [5.41, 5.74) is 5.18. The smallest absolute Gasteiger partial charge is 0.131 e. The monoisotopic (exact) mass is 490 g/mol. The second-order valence-corrected chi connectivity index (χ2v) is 8.67. The van der Waals surface area contributed by atoms with Gasteiger partial charge >= 0.3 is 0 Å². The van der Waals surface area contributed by atoms with Gasteiger partial charge in [-0.05, 0) is 74.0 Å². The van der Waals surface area contributed by atoms with Crippen molar-refractivity contribution < 1.29 is 9.13 Å². The molecular weight excluding hydrogens is 470 g/mol. The highest BCUT2D eigenvalue weighted by Gasteiger charge is 2.13. The van der Waals surface area contributed by atoms with Crippen molar-refractivity contribution in [3.8, 4) is 17.5 Å². The summed E-state index contributed by atoms with van der Waals surface area (Å²) < 4.78 is 22.2. The average molecular weight is 491 g/mol. The summed E-state index contributed by atoms with van der Waals surface area (Å²) in [5, 5.41) is 10.8. The van der Waals surface area contributed by atoms with E-state index in [-0.39, 0.29) is 11.1 Å². The normalized spacial score (nSPS) is 11.4. The SMILES string of the molecule is Cc1cc(C=C(C#N)c2ccccc2F)c(C)n1-c1ccc(OCc2ccc(Cl)cc2Cl)cc1. The minimum Gasteiger partial charge on any atom is -0.489 e. The van der Waals surface area contributed by atoms with Crippen LogP contribution in [0.1, 0.15) is 28.1 Å². The molecule has 170 valence electrons. The van der Waals surface area contributed by atoms with Crippen molar-refractivity contribution in [3.63, 3.8) is 0 Å². The lowest BCUT2D eigenvalue weighted by Crippen LogP contribution is -2.00. The predicted octanol–water partition coefficient (Wildman–Crippen LogP) is 8.18. The van der Waals surface area contributed by atoms with E-state index in [0.29, 0.717) is 22.4 Å². The Hall–Kier alpha value is -3.52. The number of halogens is 3. The molecule has 0 aliphatic rings. The van der Waals surface area contributed by atoms with Crippen LogP contribution < -0.4 is 4.74 Å². The first-order valence-electron chi connectivity index (χ1n) is 10.6. The molecule has 0 saturated heterocycles. The van der Waals surface area contributed by atoms with Gasteiger partial charge < -0.3 is 9.30 Å². The molecule has 0 aliphatic carbocycles. The fourth-order valence-electron chi connectivity index (χ4n) is 3.83. The quantitative estimate of drug-likeness (QED) is 0.255. The maximum Gasteiger partial charge on any atom is 0.131 e. The van der Waals surface area contributed by atoms with Gasteiger partial charge in [-0.2, -0.15) is 5.26 Å². The molecule has 4 aromatic rings. The zero-order chi connectivity index (χ0) is 24.2. The molecular formula is C28H21Cl2FN2O. The maximum absolute atomic E-state index is 14.2. The Labute approximate surface area is 208 Å². The van der Waals surface area contributed by atoms with Gasteiger partial charge in [0.2, 0.25) is 0 Å². The lowest BCUT2D eigenvalue weighted by molar-refractivity contribution is 0.306. The number of aromatic nitrogens is 1. The largest absolute Gasteiger partial charge is 0.489 e. The second-order valence-electron chi connectivity index (χ2n) is 7.83. The number of allylic oxidation sites excluding steroid dienone is 1. The van der Waals surface area contributed by atoms with Crippen molar-refractivity contribution in [2.24, 2.45) is 0 Å². The third-order valence-corrected chi connectivity index (χ3v) is 6.15. The van der Waals surface area contributed by atoms with E-state index in [0.717, 1.165) is 28.2 Å². The van der Waals surface area contributed by atoms with Gasteiger partial charge in [-0.15, -0.1) is 0 Å². The van der Waals surface area contributed by atoms with Gasteiger partial charge in [0.1, 0.15) is 18.2 Å². The molecule has 0 aliphatic heterocycles. The second kappa shape index (κ2) is 10.2. The number of nitrogens with zero attached hydrogens (tertiary/aromatic N) is 2. The molecule has 0 fully saturated rings. The van der Waals surface area contributed by atoms with Crippen LogP contribution in [0.4, 0.5) is 4.39 Å². The van der Waals surface area contributed by atoms with Gasteiger partial charge in [-0.25, -0.2) is 4.39 Å². The van der Waals surface area contributed by atoms with Crippen molar-refractivity contribution in [1.29, 1.82) is 5.26 Å². The van der Waals surface area contributed by atoms with E-state index in [9.17, 15) is 9.65 Å². The Balaban J connectivity index is 1.57. The summed E-state index contributed by atoms with van der Waals surface area (Å²) in [6, 6.07) is 23.4. The number of ether oxygens (including phenoxy) is 1. The van der Waals surface area contributed by atoms with Crippen molar-refractivity contribution in [2.45, 2.75) is 20.5 Å². The van der Waals surface area contributed by atoms with Gasteiger partial charge in [-0.3, -0.25) is 0 Å². The van der Waals surface area contributed by atoms with Crippen LogP contribution in [0.3, 0.4) is 0 Å². The van der Waals surface area contributed by atoms with Crippen LogP contribution in [0, 0.1) is 31.0 Å². The minimum absolute atomic E-state index is 0.281. The molecule has 3 aromatic carbocycles. The third-order valence-electron chi connectivity index (χ3n) is 5.56. The topological polar surface area (TPSA) is 38.0 Å². The Kier molecular flexibility index (Phi) is 7.07. The first kappa shape index (κ1) is 23.6. The van der Waals surface area contributed by atoms with Crippen LogP contribution in [-0.4, -0.2) is 4.57 Å². The average Bonchev–Trinajstić information content (AvgIpc) is 3.10. The first-order chi connectivity index (χ1) is 16.4. The Morgan fingerprint density at radius 3 is 2.44 bits per heavy atom. The highest BCUT2D eigenvalue weighted by Crippen LogP contribution is 2.28.